The number of rotatable bonds is 2. The Morgan fingerprint density at radius 2 is 1.92 bits per heavy atom. The van der Waals surface area contributed by atoms with Crippen LogP contribution >= 0.6 is 12.4 Å². The molecule has 0 aromatic heterocycles. The van der Waals surface area contributed by atoms with Crippen molar-refractivity contribution in [2.45, 2.75) is 24.8 Å². The maximum Gasteiger partial charge on any atom is 0.0226 e. The van der Waals surface area contributed by atoms with Gasteiger partial charge in [0.05, 0.1) is 0 Å². The largest absolute Gasteiger partial charge is 0.314 e. The predicted molar refractivity (Wildman–Crippen MR) is 58.5 cm³/mol. The standard InChI is InChI=1S/C11H15N.ClH/c1-11(12-2)8-10(11)9-6-4-3-5-7-9;/h3-7,10,12H,8H2,1-2H3;1H/t10-,11-;/m1./s1. The molecule has 0 bridgehead atoms. The molecule has 0 spiro atoms. The smallest absolute Gasteiger partial charge is 0.0226 e. The molecule has 0 radical (unpaired) electrons. The van der Waals surface area contributed by atoms with Gasteiger partial charge in [-0.05, 0) is 26.0 Å². The quantitative estimate of drug-likeness (QED) is 0.769. The van der Waals surface area contributed by atoms with Gasteiger partial charge in [-0.1, -0.05) is 30.3 Å². The summed E-state index contributed by atoms with van der Waals surface area (Å²) in [6.07, 6.45) is 1.27. The van der Waals surface area contributed by atoms with Gasteiger partial charge in [0, 0.05) is 11.5 Å². The minimum Gasteiger partial charge on any atom is -0.314 e. The first-order chi connectivity index (χ1) is 5.76. The fourth-order valence-corrected chi connectivity index (χ4v) is 1.81. The molecular formula is C11H16ClN. The number of benzene rings is 1. The van der Waals surface area contributed by atoms with E-state index in [0.29, 0.717) is 5.54 Å². The molecule has 1 saturated carbocycles. The fourth-order valence-electron chi connectivity index (χ4n) is 1.81. The summed E-state index contributed by atoms with van der Waals surface area (Å²) in [5, 5.41) is 3.36. The first-order valence-electron chi connectivity index (χ1n) is 4.50. The van der Waals surface area contributed by atoms with Crippen LogP contribution in [0.2, 0.25) is 0 Å². The topological polar surface area (TPSA) is 12.0 Å². The van der Waals surface area contributed by atoms with E-state index in [1.54, 1.807) is 0 Å². The molecule has 2 rings (SSSR count). The summed E-state index contributed by atoms with van der Waals surface area (Å²) in [5.74, 6) is 0.726. The summed E-state index contributed by atoms with van der Waals surface area (Å²) in [6.45, 7) is 2.28. The lowest BCUT2D eigenvalue weighted by Gasteiger charge is -2.08. The van der Waals surface area contributed by atoms with Crippen LogP contribution in [0.25, 0.3) is 0 Å². The number of halogens is 1. The van der Waals surface area contributed by atoms with Gasteiger partial charge in [-0.15, -0.1) is 12.4 Å². The van der Waals surface area contributed by atoms with Gasteiger partial charge in [-0.2, -0.15) is 0 Å². The molecule has 1 aromatic rings. The Bertz CT molecular complexity index is 273. The molecular weight excluding hydrogens is 182 g/mol. The van der Waals surface area contributed by atoms with E-state index < -0.39 is 0 Å². The molecule has 2 atom stereocenters. The van der Waals surface area contributed by atoms with E-state index >= 15 is 0 Å². The van der Waals surface area contributed by atoms with Crippen molar-refractivity contribution in [1.29, 1.82) is 0 Å². The Labute approximate surface area is 86.0 Å². The van der Waals surface area contributed by atoms with E-state index in [9.17, 15) is 0 Å². The minimum absolute atomic E-state index is 0. The van der Waals surface area contributed by atoms with E-state index in [4.69, 9.17) is 0 Å². The average Bonchev–Trinajstić information content (AvgIpc) is 2.81. The Hall–Kier alpha value is -0.530. The third-order valence-electron chi connectivity index (χ3n) is 3.01. The van der Waals surface area contributed by atoms with Crippen LogP contribution in [0.1, 0.15) is 24.8 Å². The maximum absolute atomic E-state index is 3.36. The third-order valence-corrected chi connectivity index (χ3v) is 3.01. The predicted octanol–water partition coefficient (Wildman–Crippen LogP) is 2.57. The van der Waals surface area contributed by atoms with Gasteiger partial charge in [0.25, 0.3) is 0 Å². The SMILES string of the molecule is CN[C@]1(C)C[C@@H]1c1ccccc1.Cl. The lowest BCUT2D eigenvalue weighted by Crippen LogP contribution is -2.24. The van der Waals surface area contributed by atoms with E-state index in [2.05, 4.69) is 42.6 Å². The molecule has 1 fully saturated rings. The Balaban J connectivity index is 0.000000845. The first kappa shape index (κ1) is 10.6. The van der Waals surface area contributed by atoms with Gasteiger partial charge in [0.2, 0.25) is 0 Å². The van der Waals surface area contributed by atoms with Gasteiger partial charge in [0.1, 0.15) is 0 Å². The third kappa shape index (κ3) is 1.87. The Morgan fingerprint density at radius 3 is 2.38 bits per heavy atom. The molecule has 0 unspecified atom stereocenters. The van der Waals surface area contributed by atoms with Gasteiger partial charge in [0.15, 0.2) is 0 Å². The van der Waals surface area contributed by atoms with E-state index in [1.807, 2.05) is 7.05 Å². The van der Waals surface area contributed by atoms with Crippen LogP contribution in [0.5, 0.6) is 0 Å². The highest BCUT2D eigenvalue weighted by Crippen LogP contribution is 2.50. The van der Waals surface area contributed by atoms with Gasteiger partial charge >= 0.3 is 0 Å². The summed E-state index contributed by atoms with van der Waals surface area (Å²) in [6, 6.07) is 10.7. The first-order valence-corrected chi connectivity index (χ1v) is 4.50. The molecule has 1 aromatic carbocycles. The van der Waals surface area contributed by atoms with Crippen molar-refractivity contribution >= 4 is 12.4 Å². The molecule has 1 aliphatic carbocycles. The van der Waals surface area contributed by atoms with Crippen molar-refractivity contribution in [2.24, 2.45) is 0 Å². The molecule has 0 amide bonds. The van der Waals surface area contributed by atoms with Crippen molar-refractivity contribution in [2.75, 3.05) is 7.05 Å². The second kappa shape index (κ2) is 3.69. The van der Waals surface area contributed by atoms with Crippen molar-refractivity contribution < 1.29 is 0 Å². The molecule has 0 heterocycles. The number of nitrogens with one attached hydrogen (secondary N) is 1. The highest BCUT2D eigenvalue weighted by molar-refractivity contribution is 5.85. The van der Waals surface area contributed by atoms with Crippen LogP contribution in [-0.4, -0.2) is 12.6 Å². The van der Waals surface area contributed by atoms with Crippen LogP contribution in [0.4, 0.5) is 0 Å². The molecule has 1 N–H and O–H groups in total. The van der Waals surface area contributed by atoms with Gasteiger partial charge < -0.3 is 5.32 Å². The number of hydrogen-bond acceptors (Lipinski definition) is 1. The molecule has 1 aliphatic rings. The van der Waals surface area contributed by atoms with Crippen LogP contribution in [0.15, 0.2) is 30.3 Å². The van der Waals surface area contributed by atoms with Crippen molar-refractivity contribution in [1.82, 2.24) is 5.32 Å². The van der Waals surface area contributed by atoms with E-state index in [1.165, 1.54) is 12.0 Å². The van der Waals surface area contributed by atoms with Crippen molar-refractivity contribution in [3.63, 3.8) is 0 Å². The molecule has 2 heteroatoms. The van der Waals surface area contributed by atoms with Gasteiger partial charge in [-0.3, -0.25) is 0 Å². The zero-order chi connectivity index (χ0) is 8.60. The summed E-state index contributed by atoms with van der Waals surface area (Å²) in [4.78, 5) is 0. The van der Waals surface area contributed by atoms with Crippen molar-refractivity contribution in [3.8, 4) is 0 Å². The summed E-state index contributed by atoms with van der Waals surface area (Å²) in [5.41, 5.74) is 1.83. The highest BCUT2D eigenvalue weighted by atomic mass is 35.5. The summed E-state index contributed by atoms with van der Waals surface area (Å²) >= 11 is 0. The van der Waals surface area contributed by atoms with Crippen molar-refractivity contribution in [3.05, 3.63) is 35.9 Å². The maximum atomic E-state index is 3.36. The second-order valence-electron chi connectivity index (χ2n) is 3.83. The monoisotopic (exact) mass is 197 g/mol. The average molecular weight is 198 g/mol. The number of likely N-dealkylation sites (N-methyl/N-ethyl adjacent to an activating group) is 1. The second-order valence-corrected chi connectivity index (χ2v) is 3.83. The summed E-state index contributed by atoms with van der Waals surface area (Å²) < 4.78 is 0. The Kier molecular flexibility index (Phi) is 2.99. The molecule has 0 aliphatic heterocycles. The van der Waals surface area contributed by atoms with E-state index in [0.717, 1.165) is 5.92 Å². The summed E-state index contributed by atoms with van der Waals surface area (Å²) in [7, 11) is 2.04. The lowest BCUT2D eigenvalue weighted by molar-refractivity contribution is 0.586. The fraction of sp³-hybridized carbons (Fsp3) is 0.455. The van der Waals surface area contributed by atoms with Gasteiger partial charge in [-0.25, -0.2) is 0 Å². The highest BCUT2D eigenvalue weighted by Gasteiger charge is 2.49. The molecule has 72 valence electrons. The Morgan fingerprint density at radius 1 is 1.31 bits per heavy atom. The zero-order valence-corrected chi connectivity index (χ0v) is 8.90. The van der Waals surface area contributed by atoms with Crippen LogP contribution in [0.3, 0.4) is 0 Å². The minimum atomic E-state index is 0. The van der Waals surface area contributed by atoms with E-state index in [-0.39, 0.29) is 12.4 Å². The molecule has 1 nitrogen and oxygen atoms in total. The van der Waals surface area contributed by atoms with Crippen LogP contribution in [0, 0.1) is 0 Å². The zero-order valence-electron chi connectivity index (χ0n) is 8.08. The van der Waals surface area contributed by atoms with Crippen LogP contribution < -0.4 is 5.32 Å². The molecule has 0 saturated heterocycles. The molecule has 13 heavy (non-hydrogen) atoms. The normalized spacial score (nSPS) is 30.8. The van der Waals surface area contributed by atoms with Crippen LogP contribution in [-0.2, 0) is 0 Å². The number of hydrogen-bond donors (Lipinski definition) is 1. The lowest BCUT2D eigenvalue weighted by atomic mass is 10.1.